The summed E-state index contributed by atoms with van der Waals surface area (Å²) in [5.74, 6) is -1.55. The van der Waals surface area contributed by atoms with Gasteiger partial charge in [-0.05, 0) is 17.7 Å². The maximum absolute atomic E-state index is 13.2. The molecule has 0 aliphatic heterocycles. The third-order valence-electron chi connectivity index (χ3n) is 1.74. The number of carbonyl (C=O) groups is 1. The Morgan fingerprint density at radius 3 is 2.67 bits per heavy atom. The fourth-order valence-electron chi connectivity index (χ4n) is 1.03. The molecule has 0 aliphatic carbocycles. The van der Waals surface area contributed by atoms with Crippen molar-refractivity contribution in [1.29, 1.82) is 0 Å². The highest BCUT2D eigenvalue weighted by Crippen LogP contribution is 2.21. The monoisotopic (exact) mass is 235 g/mol. The second-order valence-corrected chi connectivity index (χ2v) is 3.05. The largest absolute Gasteiger partial charge is 0.494 e. The zero-order chi connectivity index (χ0) is 11.4. The molecule has 0 spiro atoms. The molecule has 1 N–H and O–H groups in total. The third kappa shape index (κ3) is 3.06. The number of hydrogen-bond donors (Lipinski definition) is 1. The van der Waals surface area contributed by atoms with Crippen molar-refractivity contribution in [3.8, 4) is 5.75 Å². The van der Waals surface area contributed by atoms with Crippen LogP contribution in [-0.2, 0) is 6.54 Å². The van der Waals surface area contributed by atoms with Gasteiger partial charge < -0.3 is 10.1 Å². The van der Waals surface area contributed by atoms with Crippen LogP contribution in [0.5, 0.6) is 5.75 Å². The van der Waals surface area contributed by atoms with E-state index in [0.717, 1.165) is 12.1 Å². The van der Waals surface area contributed by atoms with Gasteiger partial charge in [0.1, 0.15) is 5.82 Å². The van der Waals surface area contributed by atoms with Crippen LogP contribution in [-0.4, -0.2) is 12.5 Å². The van der Waals surface area contributed by atoms with Gasteiger partial charge in [0.2, 0.25) is 0 Å². The van der Waals surface area contributed by atoms with Crippen LogP contribution in [0.1, 0.15) is 5.56 Å². The zero-order valence-corrected chi connectivity index (χ0v) is 8.57. The van der Waals surface area contributed by atoms with E-state index in [0.29, 0.717) is 0 Å². The molecule has 0 aliphatic rings. The van der Waals surface area contributed by atoms with Crippen molar-refractivity contribution in [3.63, 3.8) is 0 Å². The van der Waals surface area contributed by atoms with Crippen molar-refractivity contribution in [3.05, 3.63) is 29.3 Å². The molecule has 1 aromatic carbocycles. The lowest BCUT2D eigenvalue weighted by atomic mass is 10.2. The SMILES string of the molecule is COc1cc(F)c(CNC(=O)Cl)cc1F. The first-order chi connectivity index (χ1) is 7.04. The van der Waals surface area contributed by atoms with E-state index in [1.165, 1.54) is 7.11 Å². The average Bonchev–Trinajstić information content (AvgIpc) is 2.18. The Kier molecular flexibility index (Phi) is 3.85. The molecule has 1 aromatic rings. The zero-order valence-electron chi connectivity index (χ0n) is 7.81. The van der Waals surface area contributed by atoms with Gasteiger partial charge in [0.25, 0.3) is 0 Å². The van der Waals surface area contributed by atoms with Crippen LogP contribution in [0.4, 0.5) is 13.6 Å². The number of ether oxygens (including phenoxy) is 1. The maximum atomic E-state index is 13.2. The summed E-state index contributed by atoms with van der Waals surface area (Å²) in [6, 6.07) is 1.85. The molecular formula is C9H8ClF2NO2. The Labute approximate surface area is 90.0 Å². The van der Waals surface area contributed by atoms with Crippen molar-refractivity contribution < 1.29 is 18.3 Å². The van der Waals surface area contributed by atoms with Crippen molar-refractivity contribution in [2.45, 2.75) is 6.54 Å². The standard InChI is InChI=1S/C9H8ClF2NO2/c1-15-8-3-6(11)5(2-7(8)12)4-13-9(10)14/h2-3H,4H2,1H3,(H,13,14). The topological polar surface area (TPSA) is 38.3 Å². The minimum Gasteiger partial charge on any atom is -0.494 e. The van der Waals surface area contributed by atoms with Crippen LogP contribution in [0, 0.1) is 11.6 Å². The molecule has 6 heteroatoms. The molecule has 15 heavy (non-hydrogen) atoms. The number of nitrogens with one attached hydrogen (secondary N) is 1. The first-order valence-electron chi connectivity index (χ1n) is 4.00. The van der Waals surface area contributed by atoms with Crippen LogP contribution in [0.25, 0.3) is 0 Å². The van der Waals surface area contributed by atoms with E-state index in [9.17, 15) is 13.6 Å². The number of amides is 1. The molecule has 1 amide bonds. The minimum absolute atomic E-state index is 0.00213. The van der Waals surface area contributed by atoms with E-state index in [-0.39, 0.29) is 17.9 Å². The van der Waals surface area contributed by atoms with Gasteiger partial charge in [-0.15, -0.1) is 0 Å². The van der Waals surface area contributed by atoms with Gasteiger partial charge in [0.15, 0.2) is 11.6 Å². The van der Waals surface area contributed by atoms with Crippen molar-refractivity contribution in [2.75, 3.05) is 7.11 Å². The number of methoxy groups -OCH3 is 1. The van der Waals surface area contributed by atoms with Gasteiger partial charge in [-0.1, -0.05) is 0 Å². The van der Waals surface area contributed by atoms with Gasteiger partial charge in [-0.2, -0.15) is 0 Å². The van der Waals surface area contributed by atoms with Gasteiger partial charge >= 0.3 is 5.37 Å². The Bertz CT molecular complexity index is 385. The number of hydrogen-bond acceptors (Lipinski definition) is 2. The predicted octanol–water partition coefficient (Wildman–Crippen LogP) is 2.42. The number of rotatable bonds is 3. The summed E-state index contributed by atoms with van der Waals surface area (Å²) in [4.78, 5) is 10.3. The van der Waals surface area contributed by atoms with Gasteiger partial charge in [0, 0.05) is 18.2 Å². The van der Waals surface area contributed by atoms with Crippen molar-refractivity contribution in [1.82, 2.24) is 5.32 Å². The summed E-state index contributed by atoms with van der Waals surface area (Å²) in [5, 5.41) is 1.32. The normalized spacial score (nSPS) is 9.87. The van der Waals surface area contributed by atoms with E-state index in [4.69, 9.17) is 11.6 Å². The minimum atomic E-state index is -0.828. The first kappa shape index (κ1) is 11.7. The molecule has 3 nitrogen and oxygen atoms in total. The maximum Gasteiger partial charge on any atom is 0.314 e. The molecule has 1 rings (SSSR count). The highest BCUT2D eigenvalue weighted by molar-refractivity contribution is 6.62. The highest BCUT2D eigenvalue weighted by atomic mass is 35.5. The average molecular weight is 236 g/mol. The summed E-state index contributed by atoms with van der Waals surface area (Å²) in [6.07, 6.45) is 0. The van der Waals surface area contributed by atoms with Crippen molar-refractivity contribution >= 4 is 17.0 Å². The van der Waals surface area contributed by atoms with Gasteiger partial charge in [0.05, 0.1) is 7.11 Å². The Morgan fingerprint density at radius 2 is 2.13 bits per heavy atom. The quantitative estimate of drug-likeness (QED) is 0.646. The molecule has 0 atom stereocenters. The second kappa shape index (κ2) is 4.93. The summed E-state index contributed by atoms with van der Waals surface area (Å²) in [7, 11) is 1.23. The number of benzene rings is 1. The molecular weight excluding hydrogens is 228 g/mol. The van der Waals surface area contributed by atoms with Gasteiger partial charge in [-0.25, -0.2) is 8.78 Å². The lowest BCUT2D eigenvalue weighted by Crippen LogP contribution is -2.16. The molecule has 0 unspecified atom stereocenters. The van der Waals surface area contributed by atoms with E-state index >= 15 is 0 Å². The molecule has 0 saturated heterocycles. The highest BCUT2D eigenvalue weighted by Gasteiger charge is 2.10. The summed E-state index contributed by atoms with van der Waals surface area (Å²) < 4.78 is 30.9. The summed E-state index contributed by atoms with van der Waals surface area (Å²) in [5.41, 5.74) is 0.00213. The smallest absolute Gasteiger partial charge is 0.314 e. The predicted molar refractivity (Wildman–Crippen MR) is 51.0 cm³/mol. The fraction of sp³-hybridized carbons (Fsp3) is 0.222. The van der Waals surface area contributed by atoms with Crippen LogP contribution in [0.15, 0.2) is 12.1 Å². The molecule has 0 saturated carbocycles. The van der Waals surface area contributed by atoms with Gasteiger partial charge in [-0.3, -0.25) is 4.79 Å². The second-order valence-electron chi connectivity index (χ2n) is 2.71. The third-order valence-corrected chi connectivity index (χ3v) is 1.87. The molecule has 0 fully saturated rings. The molecule has 82 valence electrons. The lowest BCUT2D eigenvalue weighted by molar-refractivity contribution is 0.259. The molecule has 0 heterocycles. The lowest BCUT2D eigenvalue weighted by Gasteiger charge is -2.06. The first-order valence-corrected chi connectivity index (χ1v) is 4.37. The Balaban J connectivity index is 2.90. The fourth-order valence-corrected chi connectivity index (χ4v) is 1.09. The van der Waals surface area contributed by atoms with Crippen LogP contribution in [0.3, 0.4) is 0 Å². The Hall–Kier alpha value is -1.36. The summed E-state index contributed by atoms with van der Waals surface area (Å²) in [6.45, 7) is -0.172. The van der Waals surface area contributed by atoms with E-state index in [2.05, 4.69) is 10.1 Å². The molecule has 0 bridgehead atoms. The van der Waals surface area contributed by atoms with E-state index in [1.54, 1.807) is 0 Å². The van der Waals surface area contributed by atoms with Crippen LogP contribution in [0.2, 0.25) is 0 Å². The Morgan fingerprint density at radius 1 is 1.47 bits per heavy atom. The van der Waals surface area contributed by atoms with Crippen molar-refractivity contribution in [2.24, 2.45) is 0 Å². The van der Waals surface area contributed by atoms with E-state index < -0.39 is 17.0 Å². The number of carbonyl (C=O) groups excluding carboxylic acids is 1. The van der Waals surface area contributed by atoms with E-state index in [1.807, 2.05) is 0 Å². The molecule has 0 radical (unpaired) electrons. The summed E-state index contributed by atoms with van der Waals surface area (Å²) >= 11 is 4.99. The number of halogens is 3. The van der Waals surface area contributed by atoms with Crippen LogP contribution >= 0.6 is 11.6 Å². The molecule has 0 aromatic heterocycles. The van der Waals surface area contributed by atoms with Crippen LogP contribution < -0.4 is 10.1 Å².